The monoisotopic (exact) mass is 375 g/mol. The van der Waals surface area contributed by atoms with Gasteiger partial charge in [-0.1, -0.05) is 6.07 Å². The Labute approximate surface area is 141 Å². The summed E-state index contributed by atoms with van der Waals surface area (Å²) in [6, 6.07) is 5.92. The van der Waals surface area contributed by atoms with Gasteiger partial charge in [0.05, 0.1) is 12.2 Å². The number of aryl methyl sites for hydroxylation is 1. The number of halogens is 2. The van der Waals surface area contributed by atoms with E-state index in [1.165, 1.54) is 6.42 Å². The fourth-order valence-corrected chi connectivity index (χ4v) is 3.19. The molecule has 1 saturated heterocycles. The molecule has 1 aromatic carbocycles. The molecule has 0 bridgehead atoms. The maximum atomic E-state index is 12.1. The van der Waals surface area contributed by atoms with E-state index >= 15 is 0 Å². The molecular formula is C15H23BrClN3O. The van der Waals surface area contributed by atoms with Crippen molar-refractivity contribution >= 4 is 39.9 Å². The summed E-state index contributed by atoms with van der Waals surface area (Å²) in [6.07, 6.45) is 2.31. The summed E-state index contributed by atoms with van der Waals surface area (Å²) < 4.78 is 0.921. The summed E-state index contributed by atoms with van der Waals surface area (Å²) in [5.74, 6) is 0.565. The van der Waals surface area contributed by atoms with Gasteiger partial charge in [0, 0.05) is 11.0 Å². The van der Waals surface area contributed by atoms with Crippen LogP contribution < -0.4 is 11.1 Å². The zero-order valence-corrected chi connectivity index (χ0v) is 14.7. The number of amides is 1. The summed E-state index contributed by atoms with van der Waals surface area (Å²) in [7, 11) is 0. The zero-order valence-electron chi connectivity index (χ0n) is 12.3. The number of hydrogen-bond donors (Lipinski definition) is 2. The zero-order chi connectivity index (χ0) is 14.5. The number of carbonyl (C=O) groups excluding carboxylic acids is 1. The minimum absolute atomic E-state index is 0. The highest BCUT2D eigenvalue weighted by molar-refractivity contribution is 9.10. The van der Waals surface area contributed by atoms with E-state index in [-0.39, 0.29) is 18.3 Å². The van der Waals surface area contributed by atoms with Crippen molar-refractivity contribution in [3.63, 3.8) is 0 Å². The number of anilines is 1. The highest BCUT2D eigenvalue weighted by Crippen LogP contribution is 2.23. The molecule has 1 aliphatic rings. The quantitative estimate of drug-likeness (QED) is 0.849. The third-order valence-electron chi connectivity index (χ3n) is 3.70. The number of nitrogens with two attached hydrogens (primary N) is 1. The van der Waals surface area contributed by atoms with Crippen LogP contribution in [0.5, 0.6) is 0 Å². The fraction of sp³-hybridized carbons (Fsp3) is 0.533. The maximum Gasteiger partial charge on any atom is 0.238 e. The van der Waals surface area contributed by atoms with Gasteiger partial charge in [-0.2, -0.15) is 0 Å². The highest BCUT2D eigenvalue weighted by Gasteiger charge is 2.20. The number of benzene rings is 1. The average molecular weight is 377 g/mol. The SMILES string of the molecule is Cc1ccc(NC(=O)CN2CCCC(CN)C2)c(Br)c1.Cl. The van der Waals surface area contributed by atoms with Crippen LogP contribution in [0.15, 0.2) is 22.7 Å². The van der Waals surface area contributed by atoms with E-state index in [4.69, 9.17) is 5.73 Å². The number of likely N-dealkylation sites (tertiary alicyclic amines) is 1. The first-order valence-corrected chi connectivity index (χ1v) is 7.86. The summed E-state index contributed by atoms with van der Waals surface area (Å²) in [5.41, 5.74) is 7.71. The Balaban J connectivity index is 0.00000220. The van der Waals surface area contributed by atoms with E-state index in [0.717, 1.165) is 35.2 Å². The van der Waals surface area contributed by atoms with E-state index in [1.807, 2.05) is 25.1 Å². The number of hydrogen-bond acceptors (Lipinski definition) is 3. The molecular weight excluding hydrogens is 354 g/mol. The van der Waals surface area contributed by atoms with Gasteiger partial charge in [-0.15, -0.1) is 12.4 Å². The Morgan fingerprint density at radius 3 is 2.95 bits per heavy atom. The molecule has 1 unspecified atom stereocenters. The number of piperidine rings is 1. The lowest BCUT2D eigenvalue weighted by atomic mass is 9.98. The maximum absolute atomic E-state index is 12.1. The average Bonchev–Trinajstić information content (AvgIpc) is 2.42. The van der Waals surface area contributed by atoms with E-state index in [2.05, 4.69) is 26.1 Å². The minimum atomic E-state index is 0. The van der Waals surface area contributed by atoms with Crippen molar-refractivity contribution in [2.24, 2.45) is 11.7 Å². The van der Waals surface area contributed by atoms with Gasteiger partial charge >= 0.3 is 0 Å². The number of nitrogens with zero attached hydrogens (tertiary/aromatic N) is 1. The van der Waals surface area contributed by atoms with Crippen molar-refractivity contribution in [3.8, 4) is 0 Å². The molecule has 1 amide bonds. The van der Waals surface area contributed by atoms with Crippen molar-refractivity contribution in [2.45, 2.75) is 19.8 Å². The molecule has 1 atom stereocenters. The second-order valence-corrected chi connectivity index (χ2v) is 6.36. The number of rotatable bonds is 4. The first-order valence-electron chi connectivity index (χ1n) is 7.07. The molecule has 1 aliphatic heterocycles. The summed E-state index contributed by atoms with van der Waals surface area (Å²) >= 11 is 3.48. The lowest BCUT2D eigenvalue weighted by Gasteiger charge is -2.31. The third kappa shape index (κ3) is 5.58. The van der Waals surface area contributed by atoms with Gasteiger partial charge in [0.2, 0.25) is 5.91 Å². The van der Waals surface area contributed by atoms with Crippen LogP contribution in [0.4, 0.5) is 5.69 Å². The molecule has 3 N–H and O–H groups in total. The predicted molar refractivity (Wildman–Crippen MR) is 93.0 cm³/mol. The normalized spacial score (nSPS) is 18.9. The Hall–Kier alpha value is -0.620. The summed E-state index contributed by atoms with van der Waals surface area (Å²) in [4.78, 5) is 14.3. The van der Waals surface area contributed by atoms with Crippen molar-refractivity contribution in [1.82, 2.24) is 4.90 Å². The molecule has 6 heteroatoms. The lowest BCUT2D eigenvalue weighted by Crippen LogP contribution is -2.42. The van der Waals surface area contributed by atoms with Gasteiger partial charge in [-0.05, 0) is 72.4 Å². The Kier molecular flexibility index (Phi) is 7.66. The smallest absolute Gasteiger partial charge is 0.238 e. The molecule has 0 saturated carbocycles. The third-order valence-corrected chi connectivity index (χ3v) is 4.36. The van der Waals surface area contributed by atoms with E-state index < -0.39 is 0 Å². The molecule has 118 valence electrons. The first-order chi connectivity index (χ1) is 9.58. The van der Waals surface area contributed by atoms with Crippen molar-refractivity contribution in [3.05, 3.63) is 28.2 Å². The molecule has 21 heavy (non-hydrogen) atoms. The van der Waals surface area contributed by atoms with Crippen molar-refractivity contribution in [2.75, 3.05) is 31.5 Å². The van der Waals surface area contributed by atoms with Crippen LogP contribution in [0, 0.1) is 12.8 Å². The Morgan fingerprint density at radius 2 is 2.29 bits per heavy atom. The van der Waals surface area contributed by atoms with Crippen LogP contribution in [0.25, 0.3) is 0 Å². The lowest BCUT2D eigenvalue weighted by molar-refractivity contribution is -0.117. The highest BCUT2D eigenvalue weighted by atomic mass is 79.9. The van der Waals surface area contributed by atoms with Gasteiger partial charge in [0.15, 0.2) is 0 Å². The molecule has 2 rings (SSSR count). The standard InChI is InChI=1S/C15H22BrN3O.ClH/c1-11-4-5-14(13(16)7-11)18-15(20)10-19-6-2-3-12(8-17)9-19;/h4-5,7,12H,2-3,6,8-10,17H2,1H3,(H,18,20);1H. The second-order valence-electron chi connectivity index (χ2n) is 5.51. The molecule has 0 radical (unpaired) electrons. The minimum Gasteiger partial charge on any atom is -0.330 e. The van der Waals surface area contributed by atoms with Crippen LogP contribution in [-0.4, -0.2) is 37.0 Å². The van der Waals surface area contributed by atoms with E-state index in [1.54, 1.807) is 0 Å². The van der Waals surface area contributed by atoms with Crippen LogP contribution in [0.2, 0.25) is 0 Å². The van der Waals surface area contributed by atoms with Crippen LogP contribution in [0.1, 0.15) is 18.4 Å². The Bertz CT molecular complexity index is 484. The number of nitrogens with one attached hydrogen (secondary N) is 1. The fourth-order valence-electron chi connectivity index (χ4n) is 2.60. The molecule has 1 heterocycles. The van der Waals surface area contributed by atoms with Crippen LogP contribution in [-0.2, 0) is 4.79 Å². The summed E-state index contributed by atoms with van der Waals surface area (Å²) in [5, 5.41) is 2.96. The Morgan fingerprint density at radius 1 is 1.52 bits per heavy atom. The molecule has 1 fully saturated rings. The summed E-state index contributed by atoms with van der Waals surface area (Å²) in [6.45, 7) is 5.09. The van der Waals surface area contributed by atoms with Gasteiger partial charge < -0.3 is 11.1 Å². The molecule has 4 nitrogen and oxygen atoms in total. The van der Waals surface area contributed by atoms with Crippen LogP contribution in [0.3, 0.4) is 0 Å². The topological polar surface area (TPSA) is 58.4 Å². The largest absolute Gasteiger partial charge is 0.330 e. The van der Waals surface area contributed by atoms with Gasteiger partial charge in [0.1, 0.15) is 0 Å². The number of carbonyl (C=O) groups is 1. The predicted octanol–water partition coefficient (Wildman–Crippen LogP) is 2.79. The molecule has 0 aliphatic carbocycles. The van der Waals surface area contributed by atoms with E-state index in [9.17, 15) is 4.79 Å². The van der Waals surface area contributed by atoms with Crippen LogP contribution >= 0.6 is 28.3 Å². The van der Waals surface area contributed by atoms with Gasteiger partial charge in [-0.3, -0.25) is 9.69 Å². The molecule has 1 aromatic rings. The van der Waals surface area contributed by atoms with Crippen molar-refractivity contribution < 1.29 is 4.79 Å². The van der Waals surface area contributed by atoms with E-state index in [0.29, 0.717) is 19.0 Å². The van der Waals surface area contributed by atoms with Crippen molar-refractivity contribution in [1.29, 1.82) is 0 Å². The molecule has 0 aromatic heterocycles. The molecule has 0 spiro atoms. The first kappa shape index (κ1) is 18.4. The van der Waals surface area contributed by atoms with Gasteiger partial charge in [0.25, 0.3) is 0 Å². The second kappa shape index (κ2) is 8.73. The van der Waals surface area contributed by atoms with Gasteiger partial charge in [-0.25, -0.2) is 0 Å².